The molecule has 0 amide bonds. The van der Waals surface area contributed by atoms with Gasteiger partial charge in [-0.3, -0.25) is 0 Å². The molecule has 0 unspecified atom stereocenters. The molecule has 84 valence electrons. The fourth-order valence-electron chi connectivity index (χ4n) is 2.20. The van der Waals surface area contributed by atoms with Crippen LogP contribution in [0.25, 0.3) is 0 Å². The molecule has 1 fully saturated rings. The van der Waals surface area contributed by atoms with E-state index in [-0.39, 0.29) is 11.0 Å². The van der Waals surface area contributed by atoms with E-state index in [0.29, 0.717) is 0 Å². The summed E-state index contributed by atoms with van der Waals surface area (Å²) in [5.41, 5.74) is 1.15. The lowest BCUT2D eigenvalue weighted by molar-refractivity contribution is 0.418. The Hall–Kier alpha value is -1.56. The molecular weight excluding hydrogens is 203 g/mol. The Morgan fingerprint density at radius 3 is 2.75 bits per heavy atom. The zero-order chi connectivity index (χ0) is 11.8. The Bertz CT molecular complexity index is 446. The summed E-state index contributed by atoms with van der Waals surface area (Å²) >= 11 is 0. The number of nitriles is 1. The molecule has 0 aromatic heterocycles. The third-order valence-corrected chi connectivity index (χ3v) is 3.12. The SMILES string of the molecule is CC1(C)CCN(c2cccc(F)c2C#N)C1. The lowest BCUT2D eigenvalue weighted by Crippen LogP contribution is -2.23. The normalized spacial score (nSPS) is 18.5. The average Bonchev–Trinajstić information content (AvgIpc) is 2.58. The highest BCUT2D eigenvalue weighted by atomic mass is 19.1. The summed E-state index contributed by atoms with van der Waals surface area (Å²) in [4.78, 5) is 2.10. The number of hydrogen-bond donors (Lipinski definition) is 0. The smallest absolute Gasteiger partial charge is 0.143 e. The molecule has 2 rings (SSSR count). The number of hydrogen-bond acceptors (Lipinski definition) is 2. The summed E-state index contributed by atoms with van der Waals surface area (Å²) in [6.45, 7) is 6.16. The molecule has 3 heteroatoms. The first-order valence-corrected chi connectivity index (χ1v) is 5.47. The van der Waals surface area contributed by atoms with Crippen molar-refractivity contribution in [1.82, 2.24) is 0 Å². The molecule has 0 bridgehead atoms. The summed E-state index contributed by atoms with van der Waals surface area (Å²) in [7, 11) is 0. The van der Waals surface area contributed by atoms with Crippen molar-refractivity contribution in [2.24, 2.45) is 5.41 Å². The van der Waals surface area contributed by atoms with Crippen molar-refractivity contribution in [2.45, 2.75) is 20.3 Å². The molecule has 1 aromatic rings. The predicted molar refractivity (Wildman–Crippen MR) is 61.7 cm³/mol. The Morgan fingerprint density at radius 1 is 1.44 bits per heavy atom. The maximum atomic E-state index is 13.4. The standard InChI is InChI=1S/C13H15FN2/c1-13(2)6-7-16(9-13)12-5-3-4-11(14)10(12)8-15/h3-5H,6-7,9H2,1-2H3. The first-order valence-electron chi connectivity index (χ1n) is 5.47. The third-order valence-electron chi connectivity index (χ3n) is 3.12. The second kappa shape index (κ2) is 3.79. The van der Waals surface area contributed by atoms with Crippen molar-refractivity contribution < 1.29 is 4.39 Å². The molecule has 0 radical (unpaired) electrons. The lowest BCUT2D eigenvalue weighted by Gasteiger charge is -2.22. The number of anilines is 1. The molecule has 0 spiro atoms. The van der Waals surface area contributed by atoms with Crippen LogP contribution >= 0.6 is 0 Å². The second-order valence-corrected chi connectivity index (χ2v) is 5.08. The third kappa shape index (κ3) is 1.88. The summed E-state index contributed by atoms with van der Waals surface area (Å²) in [5.74, 6) is -0.426. The predicted octanol–water partition coefficient (Wildman–Crippen LogP) is 2.93. The molecule has 0 aliphatic carbocycles. The molecule has 16 heavy (non-hydrogen) atoms. The van der Waals surface area contributed by atoms with Crippen molar-refractivity contribution >= 4 is 5.69 Å². The van der Waals surface area contributed by atoms with Crippen LogP contribution in [0.2, 0.25) is 0 Å². The van der Waals surface area contributed by atoms with Crippen molar-refractivity contribution in [2.75, 3.05) is 18.0 Å². The van der Waals surface area contributed by atoms with Crippen LogP contribution < -0.4 is 4.90 Å². The van der Waals surface area contributed by atoms with E-state index in [1.165, 1.54) is 6.07 Å². The van der Waals surface area contributed by atoms with Gasteiger partial charge in [0.05, 0.1) is 5.69 Å². The van der Waals surface area contributed by atoms with E-state index in [0.717, 1.165) is 25.2 Å². The first-order chi connectivity index (χ1) is 7.53. The van der Waals surface area contributed by atoms with Crippen LogP contribution in [0.1, 0.15) is 25.8 Å². The van der Waals surface area contributed by atoms with E-state index in [1.807, 2.05) is 12.1 Å². The van der Waals surface area contributed by atoms with Crippen molar-refractivity contribution in [3.05, 3.63) is 29.6 Å². The van der Waals surface area contributed by atoms with E-state index < -0.39 is 5.82 Å². The summed E-state index contributed by atoms with van der Waals surface area (Å²) in [6, 6.07) is 6.77. The number of halogens is 1. The highest BCUT2D eigenvalue weighted by molar-refractivity contribution is 5.60. The highest BCUT2D eigenvalue weighted by Crippen LogP contribution is 2.34. The zero-order valence-corrected chi connectivity index (χ0v) is 9.63. The fourth-order valence-corrected chi connectivity index (χ4v) is 2.20. The van der Waals surface area contributed by atoms with E-state index in [4.69, 9.17) is 5.26 Å². The van der Waals surface area contributed by atoms with Crippen LogP contribution in [0.4, 0.5) is 10.1 Å². The van der Waals surface area contributed by atoms with E-state index in [9.17, 15) is 4.39 Å². The summed E-state index contributed by atoms with van der Waals surface area (Å²) in [6.07, 6.45) is 1.08. The van der Waals surface area contributed by atoms with E-state index in [2.05, 4.69) is 18.7 Å². The van der Waals surface area contributed by atoms with Crippen LogP contribution in [0.3, 0.4) is 0 Å². The average molecular weight is 218 g/mol. The monoisotopic (exact) mass is 218 g/mol. The van der Waals surface area contributed by atoms with Gasteiger partial charge >= 0.3 is 0 Å². The zero-order valence-electron chi connectivity index (χ0n) is 9.63. The number of nitrogens with zero attached hydrogens (tertiary/aromatic N) is 2. The Labute approximate surface area is 95.3 Å². The van der Waals surface area contributed by atoms with Crippen LogP contribution in [0.5, 0.6) is 0 Å². The van der Waals surface area contributed by atoms with Crippen LogP contribution in [-0.4, -0.2) is 13.1 Å². The van der Waals surface area contributed by atoms with Crippen molar-refractivity contribution in [3.8, 4) is 6.07 Å². The molecular formula is C13H15FN2. The first kappa shape index (κ1) is 10.9. The second-order valence-electron chi connectivity index (χ2n) is 5.08. The Balaban J connectivity index is 2.36. The van der Waals surface area contributed by atoms with Crippen LogP contribution in [0, 0.1) is 22.6 Å². The van der Waals surface area contributed by atoms with Gasteiger partial charge in [0, 0.05) is 13.1 Å². The Morgan fingerprint density at radius 2 is 2.19 bits per heavy atom. The fraction of sp³-hybridized carbons (Fsp3) is 0.462. The molecule has 0 saturated carbocycles. The topological polar surface area (TPSA) is 27.0 Å². The van der Waals surface area contributed by atoms with E-state index in [1.54, 1.807) is 6.07 Å². The van der Waals surface area contributed by atoms with Gasteiger partial charge in [-0.2, -0.15) is 5.26 Å². The van der Waals surface area contributed by atoms with Gasteiger partial charge in [0.25, 0.3) is 0 Å². The number of rotatable bonds is 1. The highest BCUT2D eigenvalue weighted by Gasteiger charge is 2.30. The van der Waals surface area contributed by atoms with Crippen molar-refractivity contribution in [3.63, 3.8) is 0 Å². The van der Waals surface area contributed by atoms with Crippen molar-refractivity contribution in [1.29, 1.82) is 5.26 Å². The van der Waals surface area contributed by atoms with Gasteiger partial charge < -0.3 is 4.90 Å². The van der Waals surface area contributed by atoms with Gasteiger partial charge in [-0.05, 0) is 24.0 Å². The summed E-state index contributed by atoms with van der Waals surface area (Å²) < 4.78 is 13.4. The van der Waals surface area contributed by atoms with Gasteiger partial charge in [0.1, 0.15) is 17.4 Å². The maximum Gasteiger partial charge on any atom is 0.143 e. The van der Waals surface area contributed by atoms with Crippen LogP contribution in [0.15, 0.2) is 18.2 Å². The molecule has 1 aliphatic rings. The summed E-state index contributed by atoms with van der Waals surface area (Å²) in [5, 5.41) is 8.97. The molecule has 1 aliphatic heterocycles. The molecule has 1 heterocycles. The van der Waals surface area contributed by atoms with Crippen LogP contribution in [-0.2, 0) is 0 Å². The molecule has 1 saturated heterocycles. The van der Waals surface area contributed by atoms with Gasteiger partial charge in [0.2, 0.25) is 0 Å². The van der Waals surface area contributed by atoms with Gasteiger partial charge in [-0.15, -0.1) is 0 Å². The maximum absolute atomic E-state index is 13.4. The van der Waals surface area contributed by atoms with Gasteiger partial charge in [0.15, 0.2) is 0 Å². The molecule has 0 N–H and O–H groups in total. The minimum atomic E-state index is -0.426. The van der Waals surface area contributed by atoms with E-state index >= 15 is 0 Å². The largest absolute Gasteiger partial charge is 0.370 e. The Kier molecular flexibility index (Phi) is 2.59. The molecule has 2 nitrogen and oxygen atoms in total. The minimum Gasteiger partial charge on any atom is -0.370 e. The van der Waals surface area contributed by atoms with Gasteiger partial charge in [-0.1, -0.05) is 19.9 Å². The number of benzene rings is 1. The molecule has 0 atom stereocenters. The quantitative estimate of drug-likeness (QED) is 0.724. The molecule has 1 aromatic carbocycles. The minimum absolute atomic E-state index is 0.167. The van der Waals surface area contributed by atoms with Gasteiger partial charge in [-0.25, -0.2) is 4.39 Å². The lowest BCUT2D eigenvalue weighted by atomic mass is 9.93.